The number of carbonyl (C=O) groups excluding carboxylic acids is 2. The molecule has 9 heteroatoms. The summed E-state index contributed by atoms with van der Waals surface area (Å²) in [5, 5.41) is 15.6. The summed E-state index contributed by atoms with van der Waals surface area (Å²) in [4.78, 5) is 27.4. The van der Waals surface area contributed by atoms with Crippen LogP contribution in [0.15, 0.2) is 18.3 Å². The van der Waals surface area contributed by atoms with E-state index >= 15 is 0 Å². The number of halogens is 3. The van der Waals surface area contributed by atoms with Crippen molar-refractivity contribution in [1.29, 1.82) is 0 Å². The second-order valence-electron chi connectivity index (χ2n) is 11.2. The van der Waals surface area contributed by atoms with Crippen LogP contribution in [-0.4, -0.2) is 44.6 Å². The molecule has 1 aromatic carbocycles. The van der Waals surface area contributed by atoms with Crippen LogP contribution in [0.5, 0.6) is 0 Å². The van der Waals surface area contributed by atoms with E-state index in [1.165, 1.54) is 0 Å². The number of aromatic nitrogens is 2. The Hall–Kier alpha value is -1.96. The molecule has 1 aromatic heterocycles. The molecule has 0 spiro atoms. The number of hydrogen-bond donors (Lipinski definition) is 1. The van der Waals surface area contributed by atoms with E-state index in [-0.39, 0.29) is 50.7 Å². The molecule has 1 unspecified atom stereocenters. The number of aliphatic hydroxyl groups excluding tert-OH is 1. The highest BCUT2D eigenvalue weighted by atomic mass is 35.5. The Morgan fingerprint density at radius 3 is 2.31 bits per heavy atom. The van der Waals surface area contributed by atoms with Gasteiger partial charge < -0.3 is 10.0 Å². The number of hydrogen-bond acceptors (Lipinski definition) is 4. The molecular weight excluding hydrogens is 504 g/mol. The molecule has 2 aliphatic rings. The van der Waals surface area contributed by atoms with Crippen LogP contribution in [0.4, 0.5) is 4.39 Å². The van der Waals surface area contributed by atoms with Crippen molar-refractivity contribution in [3.63, 3.8) is 0 Å². The van der Waals surface area contributed by atoms with Gasteiger partial charge >= 0.3 is 0 Å². The van der Waals surface area contributed by atoms with Crippen LogP contribution in [0.2, 0.25) is 10.0 Å². The average molecular weight is 538 g/mol. The SMILES string of the molecule is Cc1c(C(=O)N(CC(O)c2c(Cl)cc(F)cc2Cl)CC2(C)CC2)cnn1[C@H]1CC[C@](C)(C(C)=O)CC1. The van der Waals surface area contributed by atoms with Crippen molar-refractivity contribution in [3.8, 4) is 0 Å². The number of rotatable bonds is 8. The molecular formula is C27H34Cl2FN3O3. The van der Waals surface area contributed by atoms with Crippen LogP contribution in [0.1, 0.15) is 93.1 Å². The number of nitrogens with zero attached hydrogens (tertiary/aromatic N) is 3. The van der Waals surface area contributed by atoms with Crippen molar-refractivity contribution in [1.82, 2.24) is 14.7 Å². The summed E-state index contributed by atoms with van der Waals surface area (Å²) in [6, 6.07) is 2.35. The van der Waals surface area contributed by atoms with E-state index in [9.17, 15) is 19.1 Å². The Labute approximate surface area is 221 Å². The maximum atomic E-state index is 13.7. The van der Waals surface area contributed by atoms with Crippen molar-refractivity contribution in [2.45, 2.75) is 78.4 Å². The Morgan fingerprint density at radius 2 is 1.78 bits per heavy atom. The lowest BCUT2D eigenvalue weighted by atomic mass is 9.71. The minimum absolute atomic E-state index is 0.00379. The van der Waals surface area contributed by atoms with Crippen LogP contribution in [0.25, 0.3) is 0 Å². The third-order valence-electron chi connectivity index (χ3n) is 8.26. The lowest BCUT2D eigenvalue weighted by Gasteiger charge is -2.35. The fourth-order valence-electron chi connectivity index (χ4n) is 5.23. The van der Waals surface area contributed by atoms with Crippen LogP contribution in [0.3, 0.4) is 0 Å². The molecule has 1 atom stereocenters. The number of benzene rings is 1. The van der Waals surface area contributed by atoms with Gasteiger partial charge in [-0.2, -0.15) is 5.10 Å². The van der Waals surface area contributed by atoms with Crippen LogP contribution >= 0.6 is 23.2 Å². The molecule has 4 rings (SSSR count). The van der Waals surface area contributed by atoms with Crippen LogP contribution in [-0.2, 0) is 4.79 Å². The van der Waals surface area contributed by atoms with Gasteiger partial charge in [-0.1, -0.05) is 37.0 Å². The van der Waals surface area contributed by atoms with Gasteiger partial charge in [0.05, 0.1) is 40.5 Å². The molecule has 6 nitrogen and oxygen atoms in total. The molecule has 2 aromatic rings. The van der Waals surface area contributed by atoms with E-state index in [2.05, 4.69) is 12.0 Å². The number of carbonyl (C=O) groups is 2. The minimum atomic E-state index is -1.17. The summed E-state index contributed by atoms with van der Waals surface area (Å²) in [6.07, 6.45) is 5.68. The molecule has 2 saturated carbocycles. The molecule has 196 valence electrons. The normalized spacial score (nSPS) is 23.8. The largest absolute Gasteiger partial charge is 0.386 e. The van der Waals surface area contributed by atoms with Crippen molar-refractivity contribution >= 4 is 34.9 Å². The Kier molecular flexibility index (Phi) is 7.58. The average Bonchev–Trinajstić information content (AvgIpc) is 3.39. The maximum Gasteiger partial charge on any atom is 0.257 e. The van der Waals surface area contributed by atoms with Crippen LogP contribution in [0, 0.1) is 23.6 Å². The third kappa shape index (κ3) is 5.48. The minimum Gasteiger partial charge on any atom is -0.386 e. The summed E-state index contributed by atoms with van der Waals surface area (Å²) < 4.78 is 15.6. The zero-order valence-corrected chi connectivity index (χ0v) is 22.8. The molecule has 1 heterocycles. The standard InChI is InChI=1S/C27H34Cl2FN3O3/c1-16-20(13-31-33(16)19-5-7-27(4,8-6-19)17(2)34)25(36)32(15-26(3)9-10-26)14-23(35)24-21(28)11-18(30)12-22(24)29/h11-13,19,23,35H,5-10,14-15H2,1-4H3/t19-,23?,27-. The Balaban J connectivity index is 1.55. The van der Waals surface area contributed by atoms with E-state index in [1.807, 2.05) is 18.5 Å². The fourth-order valence-corrected chi connectivity index (χ4v) is 5.94. The van der Waals surface area contributed by atoms with E-state index in [0.29, 0.717) is 12.1 Å². The Morgan fingerprint density at radius 1 is 1.19 bits per heavy atom. The fraction of sp³-hybridized carbons (Fsp3) is 0.593. The molecule has 1 N–H and O–H groups in total. The molecule has 0 radical (unpaired) electrons. The van der Waals surface area contributed by atoms with E-state index in [4.69, 9.17) is 23.2 Å². The van der Waals surface area contributed by atoms with Gasteiger partial charge in [-0.3, -0.25) is 14.3 Å². The first kappa shape index (κ1) is 27.1. The summed E-state index contributed by atoms with van der Waals surface area (Å²) in [7, 11) is 0. The molecule has 2 aliphatic carbocycles. The molecule has 0 saturated heterocycles. The number of amides is 1. The van der Waals surface area contributed by atoms with E-state index < -0.39 is 11.9 Å². The predicted octanol–water partition coefficient (Wildman–Crippen LogP) is 6.32. The van der Waals surface area contributed by atoms with Gasteiger partial charge in [0.1, 0.15) is 11.6 Å². The topological polar surface area (TPSA) is 75.4 Å². The molecule has 0 aliphatic heterocycles. The van der Waals surface area contributed by atoms with Gasteiger partial charge in [0.2, 0.25) is 0 Å². The lowest BCUT2D eigenvalue weighted by Crippen LogP contribution is -2.39. The second kappa shape index (κ2) is 10.1. The molecule has 0 bridgehead atoms. The summed E-state index contributed by atoms with van der Waals surface area (Å²) >= 11 is 12.4. The van der Waals surface area contributed by atoms with Gasteiger partial charge in [-0.25, -0.2) is 4.39 Å². The van der Waals surface area contributed by atoms with Crippen molar-refractivity contribution < 1.29 is 19.1 Å². The number of ketones is 1. The monoisotopic (exact) mass is 537 g/mol. The second-order valence-corrected chi connectivity index (χ2v) is 12.0. The molecule has 2 fully saturated rings. The van der Waals surface area contributed by atoms with Gasteiger partial charge in [0.25, 0.3) is 5.91 Å². The first-order valence-electron chi connectivity index (χ1n) is 12.5. The summed E-state index contributed by atoms with van der Waals surface area (Å²) in [5.74, 6) is -0.587. The number of Topliss-reactive ketones (excluding diaryl/α,β-unsaturated/α-hetero) is 1. The third-order valence-corrected chi connectivity index (χ3v) is 8.89. The number of aliphatic hydroxyl groups is 1. The van der Waals surface area contributed by atoms with Gasteiger partial charge in [0.15, 0.2) is 0 Å². The lowest BCUT2D eigenvalue weighted by molar-refractivity contribution is -0.127. The highest BCUT2D eigenvalue weighted by Crippen LogP contribution is 2.46. The quantitative estimate of drug-likeness (QED) is 0.427. The van der Waals surface area contributed by atoms with Crippen molar-refractivity contribution in [3.05, 3.63) is 51.0 Å². The van der Waals surface area contributed by atoms with E-state index in [0.717, 1.165) is 56.4 Å². The van der Waals surface area contributed by atoms with Crippen LogP contribution < -0.4 is 0 Å². The smallest absolute Gasteiger partial charge is 0.257 e. The Bertz CT molecular complexity index is 1150. The zero-order valence-electron chi connectivity index (χ0n) is 21.3. The van der Waals surface area contributed by atoms with Crippen molar-refractivity contribution in [2.75, 3.05) is 13.1 Å². The first-order chi connectivity index (χ1) is 16.8. The predicted molar refractivity (Wildman–Crippen MR) is 138 cm³/mol. The molecule has 1 amide bonds. The van der Waals surface area contributed by atoms with E-state index in [1.54, 1.807) is 18.0 Å². The van der Waals surface area contributed by atoms with Gasteiger partial charge in [-0.15, -0.1) is 0 Å². The molecule has 36 heavy (non-hydrogen) atoms. The first-order valence-corrected chi connectivity index (χ1v) is 13.3. The highest BCUT2D eigenvalue weighted by Gasteiger charge is 2.41. The highest BCUT2D eigenvalue weighted by molar-refractivity contribution is 6.36. The van der Waals surface area contributed by atoms with Gasteiger partial charge in [-0.05, 0) is 69.9 Å². The summed E-state index contributed by atoms with van der Waals surface area (Å²) in [6.45, 7) is 8.14. The summed E-state index contributed by atoms with van der Waals surface area (Å²) in [5.41, 5.74) is 1.18. The van der Waals surface area contributed by atoms with Gasteiger partial charge in [0, 0.05) is 23.2 Å². The zero-order chi connectivity index (χ0) is 26.4. The van der Waals surface area contributed by atoms with Crippen molar-refractivity contribution in [2.24, 2.45) is 10.8 Å². The maximum absolute atomic E-state index is 13.7.